The second-order valence-corrected chi connectivity index (χ2v) is 5.09. The fourth-order valence-electron chi connectivity index (χ4n) is 1.62. The molecule has 3 nitrogen and oxygen atoms in total. The zero-order valence-electron chi connectivity index (χ0n) is 10.7. The van der Waals surface area contributed by atoms with E-state index in [0.29, 0.717) is 13.0 Å². The van der Waals surface area contributed by atoms with Gasteiger partial charge in [-0.25, -0.2) is 0 Å². The summed E-state index contributed by atoms with van der Waals surface area (Å²) in [6.45, 7) is 6.84. The van der Waals surface area contributed by atoms with Gasteiger partial charge in [0, 0.05) is 6.42 Å². The molecule has 1 N–H and O–H groups in total. The summed E-state index contributed by atoms with van der Waals surface area (Å²) in [5.74, 6) is 0.0723. The largest absolute Gasteiger partial charge is 0.493 e. The van der Waals surface area contributed by atoms with Crippen LogP contribution in [0.5, 0.6) is 5.75 Å². The van der Waals surface area contributed by atoms with E-state index in [1.807, 2.05) is 24.3 Å². The molecule has 0 aromatic heterocycles. The Morgan fingerprint density at radius 1 is 1.29 bits per heavy atom. The van der Waals surface area contributed by atoms with Crippen molar-refractivity contribution in [2.75, 3.05) is 6.61 Å². The Labute approximate surface area is 102 Å². The van der Waals surface area contributed by atoms with Crippen LogP contribution in [0.4, 0.5) is 0 Å². The maximum absolute atomic E-state index is 10.4. The molecule has 0 unspecified atom stereocenters. The summed E-state index contributed by atoms with van der Waals surface area (Å²) >= 11 is 0. The van der Waals surface area contributed by atoms with Gasteiger partial charge in [0.15, 0.2) is 0 Å². The Morgan fingerprint density at radius 3 is 2.53 bits per heavy atom. The van der Waals surface area contributed by atoms with Crippen molar-refractivity contribution < 1.29 is 14.6 Å². The van der Waals surface area contributed by atoms with Gasteiger partial charge in [-0.3, -0.25) is 4.79 Å². The van der Waals surface area contributed by atoms with Crippen molar-refractivity contribution >= 4 is 5.97 Å². The first-order chi connectivity index (χ1) is 7.91. The van der Waals surface area contributed by atoms with Crippen molar-refractivity contribution in [3.8, 4) is 5.75 Å². The number of carboxylic acids is 1. The number of ether oxygens (including phenoxy) is 1. The Kier molecular flexibility index (Phi) is 4.55. The number of rotatable bonds is 5. The predicted octanol–water partition coefficient (Wildman–Crippen LogP) is 3.23. The van der Waals surface area contributed by atoms with E-state index in [-0.39, 0.29) is 11.8 Å². The van der Waals surface area contributed by atoms with E-state index in [4.69, 9.17) is 9.84 Å². The highest BCUT2D eigenvalue weighted by Crippen LogP contribution is 2.30. The zero-order chi connectivity index (χ0) is 12.9. The van der Waals surface area contributed by atoms with Gasteiger partial charge in [-0.15, -0.1) is 0 Å². The van der Waals surface area contributed by atoms with Crippen LogP contribution in [0.1, 0.15) is 39.2 Å². The molecule has 0 aliphatic rings. The first kappa shape index (κ1) is 13.6. The van der Waals surface area contributed by atoms with Gasteiger partial charge in [-0.1, -0.05) is 39.0 Å². The van der Waals surface area contributed by atoms with E-state index >= 15 is 0 Å². The van der Waals surface area contributed by atoms with Gasteiger partial charge in [0.2, 0.25) is 0 Å². The molecule has 0 saturated heterocycles. The highest BCUT2D eigenvalue weighted by molar-refractivity contribution is 5.66. The van der Waals surface area contributed by atoms with Gasteiger partial charge in [0.1, 0.15) is 5.75 Å². The summed E-state index contributed by atoms with van der Waals surface area (Å²) < 4.78 is 5.65. The van der Waals surface area contributed by atoms with Crippen molar-refractivity contribution in [3.63, 3.8) is 0 Å². The van der Waals surface area contributed by atoms with E-state index in [1.165, 1.54) is 0 Å². The van der Waals surface area contributed by atoms with Gasteiger partial charge in [-0.2, -0.15) is 0 Å². The zero-order valence-corrected chi connectivity index (χ0v) is 10.7. The SMILES string of the molecule is CC(C)(C)c1ccccc1OCCCC(=O)O. The number of benzene rings is 1. The molecule has 0 atom stereocenters. The van der Waals surface area contributed by atoms with Crippen molar-refractivity contribution in [1.82, 2.24) is 0 Å². The van der Waals surface area contributed by atoms with E-state index in [2.05, 4.69) is 20.8 Å². The average Bonchev–Trinajstić information content (AvgIpc) is 2.23. The Morgan fingerprint density at radius 2 is 1.94 bits per heavy atom. The summed E-state index contributed by atoms with van der Waals surface area (Å²) in [5, 5.41) is 8.54. The first-order valence-corrected chi connectivity index (χ1v) is 5.85. The molecule has 1 aromatic carbocycles. The lowest BCUT2D eigenvalue weighted by Gasteiger charge is -2.22. The van der Waals surface area contributed by atoms with Crippen molar-refractivity contribution in [2.45, 2.75) is 39.0 Å². The molecule has 3 heteroatoms. The lowest BCUT2D eigenvalue weighted by atomic mass is 9.86. The molecule has 1 aromatic rings. The van der Waals surface area contributed by atoms with Gasteiger partial charge in [0.05, 0.1) is 6.61 Å². The quantitative estimate of drug-likeness (QED) is 0.798. The Balaban J connectivity index is 2.62. The molecule has 0 spiro atoms. The van der Waals surface area contributed by atoms with Crippen molar-refractivity contribution in [1.29, 1.82) is 0 Å². The van der Waals surface area contributed by atoms with Crippen molar-refractivity contribution in [2.24, 2.45) is 0 Å². The first-order valence-electron chi connectivity index (χ1n) is 5.85. The number of para-hydroxylation sites is 1. The monoisotopic (exact) mass is 236 g/mol. The minimum atomic E-state index is -0.780. The number of hydrogen-bond donors (Lipinski definition) is 1. The van der Waals surface area contributed by atoms with Crippen LogP contribution in [-0.2, 0) is 10.2 Å². The second kappa shape index (κ2) is 5.71. The number of carboxylic acid groups (broad SMARTS) is 1. The molecule has 0 bridgehead atoms. The van der Waals surface area contributed by atoms with Crippen LogP contribution in [0, 0.1) is 0 Å². The molecule has 0 saturated carbocycles. The molecule has 94 valence electrons. The van der Waals surface area contributed by atoms with E-state index < -0.39 is 5.97 Å². The van der Waals surface area contributed by atoms with Gasteiger partial charge < -0.3 is 9.84 Å². The third-order valence-electron chi connectivity index (χ3n) is 2.49. The lowest BCUT2D eigenvalue weighted by Crippen LogP contribution is -2.14. The lowest BCUT2D eigenvalue weighted by molar-refractivity contribution is -0.137. The molecule has 0 aliphatic heterocycles. The van der Waals surface area contributed by atoms with Crippen LogP contribution in [0.3, 0.4) is 0 Å². The fourth-order valence-corrected chi connectivity index (χ4v) is 1.62. The highest BCUT2D eigenvalue weighted by atomic mass is 16.5. The Hall–Kier alpha value is -1.51. The molecule has 17 heavy (non-hydrogen) atoms. The molecule has 0 aliphatic carbocycles. The second-order valence-electron chi connectivity index (χ2n) is 5.09. The fraction of sp³-hybridized carbons (Fsp3) is 0.500. The summed E-state index contributed by atoms with van der Waals surface area (Å²) in [6.07, 6.45) is 0.686. The smallest absolute Gasteiger partial charge is 0.303 e. The number of carbonyl (C=O) groups is 1. The van der Waals surface area contributed by atoms with Gasteiger partial charge >= 0.3 is 5.97 Å². The maximum atomic E-state index is 10.4. The van der Waals surface area contributed by atoms with Crippen LogP contribution in [0.15, 0.2) is 24.3 Å². The van der Waals surface area contributed by atoms with Crippen LogP contribution >= 0.6 is 0 Å². The summed E-state index contributed by atoms with van der Waals surface area (Å²) in [4.78, 5) is 10.4. The Bertz CT molecular complexity index is 377. The molecular weight excluding hydrogens is 216 g/mol. The minimum absolute atomic E-state index is 0.0311. The standard InChI is InChI=1S/C14H20O3/c1-14(2,3)11-7-4-5-8-12(11)17-10-6-9-13(15)16/h4-5,7-8H,6,9-10H2,1-3H3,(H,15,16). The maximum Gasteiger partial charge on any atom is 0.303 e. The number of aliphatic carboxylic acids is 1. The van der Waals surface area contributed by atoms with E-state index in [9.17, 15) is 4.79 Å². The third kappa shape index (κ3) is 4.47. The molecule has 0 radical (unpaired) electrons. The third-order valence-corrected chi connectivity index (χ3v) is 2.49. The van der Waals surface area contributed by atoms with Gasteiger partial charge in [0.25, 0.3) is 0 Å². The van der Waals surface area contributed by atoms with Gasteiger partial charge in [-0.05, 0) is 23.5 Å². The highest BCUT2D eigenvalue weighted by Gasteiger charge is 2.18. The summed E-state index contributed by atoms with van der Waals surface area (Å²) in [6, 6.07) is 7.90. The summed E-state index contributed by atoms with van der Waals surface area (Å²) in [7, 11) is 0. The van der Waals surface area contributed by atoms with Crippen LogP contribution in [0.2, 0.25) is 0 Å². The molecule has 0 heterocycles. The molecule has 1 rings (SSSR count). The topological polar surface area (TPSA) is 46.5 Å². The predicted molar refractivity (Wildman–Crippen MR) is 67.5 cm³/mol. The van der Waals surface area contributed by atoms with Crippen LogP contribution in [-0.4, -0.2) is 17.7 Å². The minimum Gasteiger partial charge on any atom is -0.493 e. The molecular formula is C14H20O3. The average molecular weight is 236 g/mol. The van der Waals surface area contributed by atoms with Crippen LogP contribution < -0.4 is 4.74 Å². The number of hydrogen-bond acceptors (Lipinski definition) is 2. The van der Waals surface area contributed by atoms with Crippen LogP contribution in [0.25, 0.3) is 0 Å². The van der Waals surface area contributed by atoms with Crippen molar-refractivity contribution in [3.05, 3.63) is 29.8 Å². The molecule has 0 amide bonds. The van der Waals surface area contributed by atoms with E-state index in [0.717, 1.165) is 11.3 Å². The normalized spacial score (nSPS) is 11.2. The van der Waals surface area contributed by atoms with E-state index in [1.54, 1.807) is 0 Å². The summed E-state index contributed by atoms with van der Waals surface area (Å²) in [5.41, 5.74) is 1.18. The molecule has 0 fully saturated rings.